The Morgan fingerprint density at radius 2 is 2.00 bits per heavy atom. The van der Waals surface area contributed by atoms with E-state index in [-0.39, 0.29) is 0 Å². The topological polar surface area (TPSA) is 55.2 Å². The summed E-state index contributed by atoms with van der Waals surface area (Å²) in [6, 6.07) is 15.3. The number of benzene rings is 2. The Morgan fingerprint density at radius 1 is 1.24 bits per heavy atom. The second-order valence-electron chi connectivity index (χ2n) is 5.27. The maximum Gasteiger partial charge on any atom is 0.216 e. The first kappa shape index (κ1) is 17.4. The highest BCUT2D eigenvalue weighted by Crippen LogP contribution is 2.21. The van der Waals surface area contributed by atoms with Gasteiger partial charge >= 0.3 is 0 Å². The second kappa shape index (κ2) is 8.09. The molecule has 128 valence electrons. The molecular formula is C18H17ClN4OS. The van der Waals surface area contributed by atoms with E-state index in [2.05, 4.69) is 15.3 Å². The zero-order valence-corrected chi connectivity index (χ0v) is 15.2. The van der Waals surface area contributed by atoms with Gasteiger partial charge in [0.15, 0.2) is 5.82 Å². The minimum Gasteiger partial charge on any atom is -0.488 e. The summed E-state index contributed by atoms with van der Waals surface area (Å²) in [7, 11) is 0. The van der Waals surface area contributed by atoms with E-state index < -0.39 is 0 Å². The van der Waals surface area contributed by atoms with Gasteiger partial charge in [0.1, 0.15) is 12.4 Å². The van der Waals surface area contributed by atoms with Crippen molar-refractivity contribution in [3.8, 4) is 5.75 Å². The van der Waals surface area contributed by atoms with Gasteiger partial charge in [0.05, 0.1) is 6.21 Å². The van der Waals surface area contributed by atoms with Crippen LogP contribution in [0.5, 0.6) is 5.75 Å². The Kier molecular flexibility index (Phi) is 5.63. The zero-order chi connectivity index (χ0) is 17.6. The number of ether oxygens (including phenoxy) is 1. The van der Waals surface area contributed by atoms with E-state index in [1.165, 1.54) is 0 Å². The maximum atomic E-state index is 6.18. The molecule has 0 aliphatic heterocycles. The summed E-state index contributed by atoms with van der Waals surface area (Å²) in [5, 5.41) is 12.0. The number of nitrogens with zero attached hydrogens (tertiary/aromatic N) is 3. The van der Waals surface area contributed by atoms with Crippen LogP contribution in [0.3, 0.4) is 0 Å². The van der Waals surface area contributed by atoms with Crippen LogP contribution in [0.4, 0.5) is 0 Å². The lowest BCUT2D eigenvalue weighted by Crippen LogP contribution is -2.01. The lowest BCUT2D eigenvalue weighted by Gasteiger charge is -2.10. The molecule has 0 spiro atoms. The molecule has 0 aliphatic rings. The van der Waals surface area contributed by atoms with Gasteiger partial charge in [-0.05, 0) is 30.4 Å². The van der Waals surface area contributed by atoms with Gasteiger partial charge in [-0.15, -0.1) is 0 Å². The fourth-order valence-corrected chi connectivity index (χ4v) is 2.67. The van der Waals surface area contributed by atoms with Crippen LogP contribution in [0.1, 0.15) is 23.9 Å². The minimum absolute atomic E-state index is 0.385. The van der Waals surface area contributed by atoms with E-state index in [0.717, 1.165) is 29.1 Å². The number of aromatic nitrogens is 3. The molecular weight excluding hydrogens is 356 g/mol. The number of hydrogen-bond donors (Lipinski definition) is 1. The molecule has 2 aromatic carbocycles. The molecule has 5 nitrogen and oxygen atoms in total. The van der Waals surface area contributed by atoms with E-state index in [1.54, 1.807) is 10.9 Å². The summed E-state index contributed by atoms with van der Waals surface area (Å²) in [5.74, 6) is 1.50. The molecule has 3 rings (SSSR count). The van der Waals surface area contributed by atoms with Gasteiger partial charge in [0.25, 0.3) is 0 Å². The SMILES string of the molecule is CCc1n[nH]c(=S)n1/N=C/c1ccccc1OCc1ccccc1Cl. The second-order valence-corrected chi connectivity index (χ2v) is 6.07. The third kappa shape index (κ3) is 4.15. The van der Waals surface area contributed by atoms with Crippen molar-refractivity contribution in [3.05, 3.63) is 75.3 Å². The van der Waals surface area contributed by atoms with Crippen LogP contribution in [-0.4, -0.2) is 21.1 Å². The van der Waals surface area contributed by atoms with E-state index in [1.807, 2.05) is 55.5 Å². The van der Waals surface area contributed by atoms with E-state index in [0.29, 0.717) is 16.4 Å². The van der Waals surface area contributed by atoms with Crippen LogP contribution in [0, 0.1) is 4.77 Å². The lowest BCUT2D eigenvalue weighted by molar-refractivity contribution is 0.306. The summed E-state index contributed by atoms with van der Waals surface area (Å²) in [6.45, 7) is 2.38. The summed E-state index contributed by atoms with van der Waals surface area (Å²) in [4.78, 5) is 0. The highest BCUT2D eigenvalue weighted by atomic mass is 35.5. The number of nitrogens with one attached hydrogen (secondary N) is 1. The Bertz CT molecular complexity index is 948. The average molecular weight is 373 g/mol. The van der Waals surface area contributed by atoms with E-state index >= 15 is 0 Å². The van der Waals surface area contributed by atoms with Gasteiger partial charge in [-0.2, -0.15) is 14.9 Å². The van der Waals surface area contributed by atoms with E-state index in [9.17, 15) is 0 Å². The van der Waals surface area contributed by atoms with Crippen molar-refractivity contribution in [2.45, 2.75) is 20.0 Å². The Hall–Kier alpha value is -2.44. The summed E-state index contributed by atoms with van der Waals surface area (Å²) in [5.41, 5.74) is 1.78. The van der Waals surface area contributed by atoms with Crippen LogP contribution in [0.15, 0.2) is 53.6 Å². The number of para-hydroxylation sites is 1. The van der Waals surface area contributed by atoms with Crippen molar-refractivity contribution in [3.63, 3.8) is 0 Å². The van der Waals surface area contributed by atoms with Gasteiger partial charge in [0.2, 0.25) is 4.77 Å². The van der Waals surface area contributed by atoms with Crippen LogP contribution in [0.25, 0.3) is 0 Å². The standard InChI is InChI=1S/C18H17ClN4OS/c1-2-17-21-22-18(25)23(17)20-11-13-7-4-6-10-16(13)24-12-14-8-3-5-9-15(14)19/h3-11H,2,12H2,1H3,(H,22,25)/b20-11+. The first-order valence-corrected chi connectivity index (χ1v) is 8.63. The van der Waals surface area contributed by atoms with Gasteiger partial charge in [-0.1, -0.05) is 48.9 Å². The van der Waals surface area contributed by atoms with E-state index in [4.69, 9.17) is 28.6 Å². The molecule has 0 amide bonds. The fraction of sp³-hybridized carbons (Fsp3) is 0.167. The molecule has 0 radical (unpaired) electrons. The molecule has 0 bridgehead atoms. The number of aryl methyl sites for hydroxylation is 1. The number of halogens is 1. The molecule has 25 heavy (non-hydrogen) atoms. The molecule has 0 atom stereocenters. The number of H-pyrrole nitrogens is 1. The lowest BCUT2D eigenvalue weighted by atomic mass is 10.2. The monoisotopic (exact) mass is 372 g/mol. The number of aromatic amines is 1. The first-order valence-electron chi connectivity index (χ1n) is 7.85. The van der Waals surface area contributed by atoms with Crippen molar-refractivity contribution in [1.82, 2.24) is 14.9 Å². The first-order chi connectivity index (χ1) is 12.2. The molecule has 7 heteroatoms. The molecule has 0 aliphatic carbocycles. The van der Waals surface area contributed by atoms with Crippen molar-refractivity contribution in [2.75, 3.05) is 0 Å². The summed E-state index contributed by atoms with van der Waals surface area (Å²) >= 11 is 11.4. The molecule has 0 unspecified atom stereocenters. The average Bonchev–Trinajstić information content (AvgIpc) is 3.00. The molecule has 1 aromatic heterocycles. The molecule has 1 N–H and O–H groups in total. The van der Waals surface area contributed by atoms with Crippen LogP contribution >= 0.6 is 23.8 Å². The molecule has 3 aromatic rings. The summed E-state index contributed by atoms with van der Waals surface area (Å²) in [6.07, 6.45) is 2.45. The highest BCUT2D eigenvalue weighted by Gasteiger charge is 2.05. The molecule has 0 saturated carbocycles. The zero-order valence-electron chi connectivity index (χ0n) is 13.6. The van der Waals surface area contributed by atoms with Crippen molar-refractivity contribution >= 4 is 30.0 Å². The largest absolute Gasteiger partial charge is 0.488 e. The highest BCUT2D eigenvalue weighted by molar-refractivity contribution is 7.71. The van der Waals surface area contributed by atoms with Crippen LogP contribution in [0.2, 0.25) is 5.02 Å². The third-order valence-corrected chi connectivity index (χ3v) is 4.24. The van der Waals surface area contributed by atoms with Gasteiger partial charge < -0.3 is 4.74 Å². The predicted octanol–water partition coefficient (Wildman–Crippen LogP) is 4.62. The summed E-state index contributed by atoms with van der Waals surface area (Å²) < 4.78 is 8.00. The van der Waals surface area contributed by atoms with Crippen molar-refractivity contribution in [2.24, 2.45) is 5.10 Å². The fourth-order valence-electron chi connectivity index (χ4n) is 2.28. The Labute approximate surface area is 155 Å². The van der Waals surface area contributed by atoms with Crippen LogP contribution < -0.4 is 4.74 Å². The minimum atomic E-state index is 0.385. The number of hydrogen-bond acceptors (Lipinski definition) is 4. The van der Waals surface area contributed by atoms with Crippen molar-refractivity contribution in [1.29, 1.82) is 0 Å². The van der Waals surface area contributed by atoms with Gasteiger partial charge in [-0.25, -0.2) is 0 Å². The van der Waals surface area contributed by atoms with Gasteiger partial charge in [0, 0.05) is 22.6 Å². The Balaban J connectivity index is 1.81. The van der Waals surface area contributed by atoms with Gasteiger partial charge in [-0.3, -0.25) is 5.10 Å². The van der Waals surface area contributed by atoms with Crippen molar-refractivity contribution < 1.29 is 4.74 Å². The molecule has 0 saturated heterocycles. The molecule has 1 heterocycles. The van der Waals surface area contributed by atoms with Crippen LogP contribution in [-0.2, 0) is 13.0 Å². The maximum absolute atomic E-state index is 6.18. The predicted molar refractivity (Wildman–Crippen MR) is 102 cm³/mol. The smallest absolute Gasteiger partial charge is 0.216 e. The Morgan fingerprint density at radius 3 is 2.80 bits per heavy atom. The quantitative estimate of drug-likeness (QED) is 0.507. The normalized spacial score (nSPS) is 11.1. The number of rotatable bonds is 6. The third-order valence-electron chi connectivity index (χ3n) is 3.61. The molecule has 0 fully saturated rings.